The number of hydrogen-bond acceptors (Lipinski definition) is 1. The van der Waals surface area contributed by atoms with E-state index in [0.29, 0.717) is 0 Å². The number of allylic oxidation sites excluding steroid dienone is 1. The van der Waals surface area contributed by atoms with Crippen LogP contribution in [-0.2, 0) is 0 Å². The minimum Gasteiger partial charge on any atom is -0.308 e. The van der Waals surface area contributed by atoms with E-state index < -0.39 is 0 Å². The minimum absolute atomic E-state index is 0.884. The van der Waals surface area contributed by atoms with Gasteiger partial charge in [-0.15, -0.1) is 0 Å². The fourth-order valence-electron chi connectivity index (χ4n) is 0.102. The third-order valence-corrected chi connectivity index (χ3v) is 0.658. The molecule has 0 bridgehead atoms. The largest absolute Gasteiger partial charge is 0.308 e. The van der Waals surface area contributed by atoms with Gasteiger partial charge in [0.2, 0.25) is 0 Å². The second kappa shape index (κ2) is 2.64. The van der Waals surface area contributed by atoms with E-state index in [2.05, 4.69) is 6.58 Å². The summed E-state index contributed by atoms with van der Waals surface area (Å²) >= 11 is 0. The molecule has 1 nitrogen and oxygen atoms in total. The van der Waals surface area contributed by atoms with Gasteiger partial charge in [0.05, 0.1) is 0 Å². The molecule has 34 valence electrons. The highest BCUT2D eigenvalue weighted by Gasteiger charge is 1.74. The molecule has 0 spiro atoms. The molecule has 0 heterocycles. The fourth-order valence-corrected chi connectivity index (χ4v) is 0.102. The van der Waals surface area contributed by atoms with Gasteiger partial charge in [0.15, 0.2) is 0 Å². The van der Waals surface area contributed by atoms with Gasteiger partial charge in [0.25, 0.3) is 0 Å². The van der Waals surface area contributed by atoms with Crippen molar-refractivity contribution in [2.45, 2.75) is 13.3 Å². The molecule has 0 fully saturated rings. The normalized spacial score (nSPS) is 7.50. The van der Waals surface area contributed by atoms with Gasteiger partial charge in [-0.05, 0) is 12.0 Å². The summed E-state index contributed by atoms with van der Waals surface area (Å²) in [5.41, 5.74) is 0.884. The first kappa shape index (κ1) is 5.41. The summed E-state index contributed by atoms with van der Waals surface area (Å²) in [4.78, 5) is 0. The van der Waals surface area contributed by atoms with E-state index in [9.17, 15) is 0 Å². The number of hydrogen-bond donors (Lipinski definition) is 1. The second-order valence-electron chi connectivity index (χ2n) is 1.16. The first-order valence-electron chi connectivity index (χ1n) is 1.99. The van der Waals surface area contributed by atoms with Crippen LogP contribution in [0.2, 0.25) is 0 Å². The lowest BCUT2D eigenvalue weighted by Crippen LogP contribution is -1.72. The number of nitrogens with one attached hydrogen (secondary N) is 1. The average Bonchev–Trinajstić information content (AvgIpc) is 1.65. The van der Waals surface area contributed by atoms with E-state index >= 15 is 0 Å². The van der Waals surface area contributed by atoms with Crippen molar-refractivity contribution in [3.8, 4) is 0 Å². The van der Waals surface area contributed by atoms with Crippen LogP contribution in [0.5, 0.6) is 0 Å². The van der Waals surface area contributed by atoms with Crippen LogP contribution < -0.4 is 0 Å². The molecule has 0 unspecified atom stereocenters. The highest BCUT2D eigenvalue weighted by Crippen LogP contribution is 1.87. The summed E-state index contributed by atoms with van der Waals surface area (Å²) in [5, 5.41) is 6.58. The monoisotopic (exact) mass is 83.1 g/mol. The Labute approximate surface area is 38.2 Å². The topological polar surface area (TPSA) is 23.9 Å². The van der Waals surface area contributed by atoms with Crippen LogP contribution >= 0.6 is 0 Å². The molecule has 0 rings (SSSR count). The molecule has 0 atom stereocenters. The fraction of sp³-hybridized carbons (Fsp3) is 0.400. The van der Waals surface area contributed by atoms with Crippen LogP contribution in [0, 0.1) is 5.41 Å². The van der Waals surface area contributed by atoms with Crippen molar-refractivity contribution < 1.29 is 0 Å². The van der Waals surface area contributed by atoms with E-state index in [1.165, 1.54) is 6.21 Å². The van der Waals surface area contributed by atoms with Gasteiger partial charge >= 0.3 is 0 Å². The van der Waals surface area contributed by atoms with E-state index in [4.69, 9.17) is 5.41 Å². The van der Waals surface area contributed by atoms with Crippen molar-refractivity contribution >= 4 is 6.21 Å². The van der Waals surface area contributed by atoms with Crippen molar-refractivity contribution in [1.82, 2.24) is 0 Å². The zero-order chi connectivity index (χ0) is 4.99. The Hall–Kier alpha value is -0.590. The molecule has 1 N–H and O–H groups in total. The van der Waals surface area contributed by atoms with E-state index in [-0.39, 0.29) is 0 Å². The Kier molecular flexibility index (Phi) is 2.38. The van der Waals surface area contributed by atoms with Gasteiger partial charge in [-0.2, -0.15) is 0 Å². The molecule has 1 heteroatoms. The smallest absolute Gasteiger partial charge is 0.0203 e. The van der Waals surface area contributed by atoms with Crippen LogP contribution in [0.1, 0.15) is 13.3 Å². The van der Waals surface area contributed by atoms with E-state index in [1.807, 2.05) is 6.92 Å². The highest BCUT2D eigenvalue weighted by molar-refractivity contribution is 5.74. The van der Waals surface area contributed by atoms with Crippen LogP contribution in [-0.4, -0.2) is 6.21 Å². The van der Waals surface area contributed by atoms with Crippen LogP contribution in [0.25, 0.3) is 0 Å². The Morgan fingerprint density at radius 3 is 2.50 bits per heavy atom. The zero-order valence-electron chi connectivity index (χ0n) is 3.99. The van der Waals surface area contributed by atoms with Crippen molar-refractivity contribution in [2.75, 3.05) is 0 Å². The van der Waals surface area contributed by atoms with Crippen molar-refractivity contribution in [1.29, 1.82) is 5.41 Å². The maximum Gasteiger partial charge on any atom is 0.0203 e. The van der Waals surface area contributed by atoms with Crippen LogP contribution in [0.4, 0.5) is 0 Å². The summed E-state index contributed by atoms with van der Waals surface area (Å²) < 4.78 is 0. The predicted octanol–water partition coefficient (Wildman–Crippen LogP) is 1.60. The molecule has 0 saturated carbocycles. The van der Waals surface area contributed by atoms with E-state index in [1.54, 1.807) is 0 Å². The van der Waals surface area contributed by atoms with Crippen LogP contribution in [0.3, 0.4) is 0 Å². The molecule has 6 heavy (non-hydrogen) atoms. The Balaban J connectivity index is 3.23. The molecule has 0 aliphatic carbocycles. The first-order valence-corrected chi connectivity index (χ1v) is 1.99. The van der Waals surface area contributed by atoms with Gasteiger partial charge < -0.3 is 5.41 Å². The van der Waals surface area contributed by atoms with Crippen LogP contribution in [0.15, 0.2) is 12.2 Å². The molecule has 0 aliphatic heterocycles. The van der Waals surface area contributed by atoms with E-state index in [0.717, 1.165) is 12.0 Å². The molecule has 0 radical (unpaired) electrons. The van der Waals surface area contributed by atoms with Gasteiger partial charge in [0, 0.05) is 6.21 Å². The molecule has 0 saturated heterocycles. The molecule has 0 amide bonds. The Morgan fingerprint density at radius 2 is 2.50 bits per heavy atom. The van der Waals surface area contributed by atoms with Crippen molar-refractivity contribution in [2.24, 2.45) is 0 Å². The summed E-state index contributed by atoms with van der Waals surface area (Å²) in [6.07, 6.45) is 2.17. The highest BCUT2D eigenvalue weighted by atomic mass is 14.3. The summed E-state index contributed by atoms with van der Waals surface area (Å²) in [7, 11) is 0. The molecule has 0 aromatic heterocycles. The minimum atomic E-state index is 0.884. The maximum atomic E-state index is 6.58. The predicted molar refractivity (Wildman–Crippen MR) is 28.2 cm³/mol. The summed E-state index contributed by atoms with van der Waals surface area (Å²) in [6.45, 7) is 5.53. The number of rotatable bonds is 2. The standard InChI is InChI=1S/C5H9N/c1-3-5(2)4-6/h4,6H,2-3H2,1H3. The van der Waals surface area contributed by atoms with Crippen molar-refractivity contribution in [3.05, 3.63) is 12.2 Å². The lowest BCUT2D eigenvalue weighted by atomic mass is 10.3. The maximum absolute atomic E-state index is 6.58. The third kappa shape index (κ3) is 1.70. The molecule has 0 aromatic carbocycles. The second-order valence-corrected chi connectivity index (χ2v) is 1.16. The van der Waals surface area contributed by atoms with Gasteiger partial charge in [-0.3, -0.25) is 0 Å². The quantitative estimate of drug-likeness (QED) is 0.490. The summed E-state index contributed by atoms with van der Waals surface area (Å²) in [6, 6.07) is 0. The van der Waals surface area contributed by atoms with Gasteiger partial charge in [0.1, 0.15) is 0 Å². The van der Waals surface area contributed by atoms with Gasteiger partial charge in [-0.25, -0.2) is 0 Å². The molecule has 0 aliphatic rings. The lowest BCUT2D eigenvalue weighted by molar-refractivity contribution is 1.18. The Morgan fingerprint density at radius 1 is 2.00 bits per heavy atom. The zero-order valence-corrected chi connectivity index (χ0v) is 3.99. The van der Waals surface area contributed by atoms with Gasteiger partial charge in [-0.1, -0.05) is 13.5 Å². The first-order chi connectivity index (χ1) is 2.81. The Bertz CT molecular complexity index is 64.3. The summed E-state index contributed by atoms with van der Waals surface area (Å²) in [5.74, 6) is 0. The molecular weight excluding hydrogens is 74.1 g/mol. The lowest BCUT2D eigenvalue weighted by Gasteiger charge is -1.81. The molecular formula is C5H9N. The SMILES string of the molecule is C=C(C=N)CC. The van der Waals surface area contributed by atoms with Crippen molar-refractivity contribution in [3.63, 3.8) is 0 Å². The third-order valence-electron chi connectivity index (χ3n) is 0.658. The molecule has 0 aromatic rings. The average molecular weight is 83.1 g/mol.